The van der Waals surface area contributed by atoms with Gasteiger partial charge < -0.3 is 15.7 Å². The van der Waals surface area contributed by atoms with Crippen LogP contribution in [0.2, 0.25) is 0 Å². The van der Waals surface area contributed by atoms with Crippen molar-refractivity contribution in [1.82, 2.24) is 10.6 Å². The highest BCUT2D eigenvalue weighted by molar-refractivity contribution is 4.89. The molecule has 1 heterocycles. The summed E-state index contributed by atoms with van der Waals surface area (Å²) in [5.74, 6) is 0. The third kappa shape index (κ3) is 2.27. The van der Waals surface area contributed by atoms with Crippen LogP contribution in [0.4, 0.5) is 0 Å². The van der Waals surface area contributed by atoms with Crippen LogP contribution in [0.15, 0.2) is 0 Å². The van der Waals surface area contributed by atoms with E-state index in [0.29, 0.717) is 12.6 Å². The van der Waals surface area contributed by atoms with E-state index in [1.54, 1.807) is 0 Å². The second kappa shape index (κ2) is 4.60. The highest BCUT2D eigenvalue weighted by atomic mass is 16.3. The van der Waals surface area contributed by atoms with Crippen molar-refractivity contribution in [3.05, 3.63) is 0 Å². The molecule has 0 atom stereocenters. The molecule has 1 aliphatic heterocycles. The fraction of sp³-hybridized carbons (Fsp3) is 1.00. The molecule has 0 aromatic carbocycles. The minimum Gasteiger partial charge on any atom is -0.396 e. The topological polar surface area (TPSA) is 44.3 Å². The van der Waals surface area contributed by atoms with Crippen LogP contribution < -0.4 is 10.6 Å². The molecular weight excluding hydrogens is 176 g/mol. The standard InChI is InChI=1S/C11H22N2O/c14-9-11(4-2-1-3-5-11)8-13-10-6-12-7-10/h10,12-14H,1-9H2. The predicted octanol–water partition coefficient (Wildman–Crippen LogP) is 0.491. The Morgan fingerprint density at radius 2 is 1.93 bits per heavy atom. The summed E-state index contributed by atoms with van der Waals surface area (Å²) >= 11 is 0. The number of hydrogen-bond acceptors (Lipinski definition) is 3. The molecular formula is C11H22N2O. The first-order chi connectivity index (χ1) is 6.85. The predicted molar refractivity (Wildman–Crippen MR) is 57.3 cm³/mol. The lowest BCUT2D eigenvalue weighted by Gasteiger charge is -2.39. The average molecular weight is 198 g/mol. The van der Waals surface area contributed by atoms with Crippen LogP contribution in [-0.2, 0) is 0 Å². The average Bonchev–Trinajstić information content (AvgIpc) is 2.17. The molecule has 3 nitrogen and oxygen atoms in total. The number of rotatable bonds is 4. The highest BCUT2D eigenvalue weighted by Gasteiger charge is 2.32. The summed E-state index contributed by atoms with van der Waals surface area (Å²) in [7, 11) is 0. The monoisotopic (exact) mass is 198 g/mol. The number of aliphatic hydroxyl groups is 1. The van der Waals surface area contributed by atoms with Crippen molar-refractivity contribution in [3.8, 4) is 0 Å². The zero-order valence-corrected chi connectivity index (χ0v) is 8.89. The molecule has 0 bridgehead atoms. The largest absolute Gasteiger partial charge is 0.396 e. The van der Waals surface area contributed by atoms with Crippen molar-refractivity contribution >= 4 is 0 Å². The van der Waals surface area contributed by atoms with Gasteiger partial charge in [-0.25, -0.2) is 0 Å². The Labute approximate surface area is 86.3 Å². The first kappa shape index (κ1) is 10.4. The van der Waals surface area contributed by atoms with E-state index in [9.17, 15) is 5.11 Å². The molecule has 0 amide bonds. The van der Waals surface area contributed by atoms with Crippen LogP contribution >= 0.6 is 0 Å². The van der Waals surface area contributed by atoms with Gasteiger partial charge in [-0.15, -0.1) is 0 Å². The van der Waals surface area contributed by atoms with Gasteiger partial charge in [0.15, 0.2) is 0 Å². The molecule has 2 rings (SSSR count). The van der Waals surface area contributed by atoms with E-state index >= 15 is 0 Å². The second-order valence-electron chi connectivity index (χ2n) is 4.95. The Morgan fingerprint density at radius 1 is 1.21 bits per heavy atom. The van der Waals surface area contributed by atoms with Crippen molar-refractivity contribution in [2.24, 2.45) is 5.41 Å². The molecule has 0 aromatic rings. The molecule has 2 fully saturated rings. The Bertz CT molecular complexity index is 174. The lowest BCUT2D eigenvalue weighted by molar-refractivity contribution is 0.0759. The first-order valence-electron chi connectivity index (χ1n) is 5.90. The van der Waals surface area contributed by atoms with E-state index < -0.39 is 0 Å². The molecule has 0 spiro atoms. The van der Waals surface area contributed by atoms with Gasteiger partial charge in [0.25, 0.3) is 0 Å². The molecule has 3 heteroatoms. The van der Waals surface area contributed by atoms with Crippen molar-refractivity contribution in [1.29, 1.82) is 0 Å². The van der Waals surface area contributed by atoms with Crippen LogP contribution in [0.25, 0.3) is 0 Å². The zero-order chi connectivity index (χ0) is 9.86. The van der Waals surface area contributed by atoms with Crippen LogP contribution in [0.5, 0.6) is 0 Å². The first-order valence-corrected chi connectivity index (χ1v) is 5.90. The maximum atomic E-state index is 9.49. The van der Waals surface area contributed by atoms with Gasteiger partial charge in [-0.2, -0.15) is 0 Å². The minimum absolute atomic E-state index is 0.202. The molecule has 1 aliphatic carbocycles. The van der Waals surface area contributed by atoms with Crippen molar-refractivity contribution in [2.75, 3.05) is 26.2 Å². The maximum Gasteiger partial charge on any atom is 0.0499 e. The van der Waals surface area contributed by atoms with Crippen LogP contribution in [0.3, 0.4) is 0 Å². The third-order valence-electron chi connectivity index (χ3n) is 3.80. The molecule has 1 saturated heterocycles. The van der Waals surface area contributed by atoms with Crippen molar-refractivity contribution in [2.45, 2.75) is 38.1 Å². The van der Waals surface area contributed by atoms with Gasteiger partial charge in [-0.3, -0.25) is 0 Å². The maximum absolute atomic E-state index is 9.49. The van der Waals surface area contributed by atoms with E-state index in [4.69, 9.17) is 0 Å². The Kier molecular flexibility index (Phi) is 3.42. The van der Waals surface area contributed by atoms with Gasteiger partial charge >= 0.3 is 0 Å². The van der Waals surface area contributed by atoms with Gasteiger partial charge in [0.1, 0.15) is 0 Å². The molecule has 2 aliphatic rings. The van der Waals surface area contributed by atoms with E-state index in [2.05, 4.69) is 10.6 Å². The summed E-state index contributed by atoms with van der Waals surface area (Å²) in [6.45, 7) is 3.57. The van der Waals surface area contributed by atoms with Gasteiger partial charge in [0.2, 0.25) is 0 Å². The SMILES string of the molecule is OCC1(CNC2CNC2)CCCCC1. The molecule has 0 unspecified atom stereocenters. The van der Waals surface area contributed by atoms with E-state index in [1.165, 1.54) is 32.1 Å². The summed E-state index contributed by atoms with van der Waals surface area (Å²) in [5, 5.41) is 16.3. The highest BCUT2D eigenvalue weighted by Crippen LogP contribution is 2.35. The van der Waals surface area contributed by atoms with Crippen LogP contribution in [-0.4, -0.2) is 37.4 Å². The molecule has 0 aromatic heterocycles. The van der Waals surface area contributed by atoms with Gasteiger partial charge in [0.05, 0.1) is 0 Å². The Balaban J connectivity index is 1.77. The summed E-state index contributed by atoms with van der Waals surface area (Å²) in [6.07, 6.45) is 6.36. The lowest BCUT2D eigenvalue weighted by atomic mass is 9.74. The smallest absolute Gasteiger partial charge is 0.0499 e. The van der Waals surface area contributed by atoms with Gasteiger partial charge in [0, 0.05) is 37.7 Å². The number of nitrogens with one attached hydrogen (secondary N) is 2. The van der Waals surface area contributed by atoms with Crippen LogP contribution in [0.1, 0.15) is 32.1 Å². The van der Waals surface area contributed by atoms with E-state index in [-0.39, 0.29) is 5.41 Å². The summed E-state index contributed by atoms with van der Waals surface area (Å²) < 4.78 is 0. The molecule has 3 N–H and O–H groups in total. The second-order valence-corrected chi connectivity index (χ2v) is 4.95. The summed E-state index contributed by atoms with van der Waals surface area (Å²) in [4.78, 5) is 0. The minimum atomic E-state index is 0.202. The van der Waals surface area contributed by atoms with E-state index in [1.807, 2.05) is 0 Å². The van der Waals surface area contributed by atoms with Crippen molar-refractivity contribution < 1.29 is 5.11 Å². The molecule has 0 radical (unpaired) electrons. The molecule has 1 saturated carbocycles. The fourth-order valence-electron chi connectivity index (χ4n) is 2.49. The third-order valence-corrected chi connectivity index (χ3v) is 3.80. The summed E-state index contributed by atoms with van der Waals surface area (Å²) in [5.41, 5.74) is 0.202. The normalized spacial score (nSPS) is 27.2. The Morgan fingerprint density at radius 3 is 2.43 bits per heavy atom. The van der Waals surface area contributed by atoms with Crippen molar-refractivity contribution in [3.63, 3.8) is 0 Å². The lowest BCUT2D eigenvalue weighted by Crippen LogP contribution is -2.57. The van der Waals surface area contributed by atoms with Gasteiger partial charge in [-0.1, -0.05) is 19.3 Å². The fourth-order valence-corrected chi connectivity index (χ4v) is 2.49. The zero-order valence-electron chi connectivity index (χ0n) is 8.89. The Hall–Kier alpha value is -0.120. The van der Waals surface area contributed by atoms with E-state index in [0.717, 1.165) is 19.6 Å². The molecule has 14 heavy (non-hydrogen) atoms. The quantitative estimate of drug-likeness (QED) is 0.616. The molecule has 82 valence electrons. The van der Waals surface area contributed by atoms with Crippen LogP contribution in [0, 0.1) is 5.41 Å². The number of aliphatic hydroxyl groups excluding tert-OH is 1. The summed E-state index contributed by atoms with van der Waals surface area (Å²) in [6, 6.07) is 0.653. The number of hydrogen-bond donors (Lipinski definition) is 3. The van der Waals surface area contributed by atoms with Gasteiger partial charge in [-0.05, 0) is 12.8 Å².